The zero-order valence-electron chi connectivity index (χ0n) is 32.9. The Morgan fingerprint density at radius 1 is 0.421 bits per heavy atom. The van der Waals surface area contributed by atoms with Crippen LogP contribution in [0.4, 0.5) is 0 Å². The van der Waals surface area contributed by atoms with Crippen LogP contribution in [0.5, 0.6) is 0 Å². The molecule has 0 aliphatic rings. The van der Waals surface area contributed by atoms with E-state index in [1.54, 1.807) is 11.8 Å². The molecule has 0 aliphatic heterocycles. The summed E-state index contributed by atoms with van der Waals surface area (Å²) >= 11 is 1.78. The molecule has 5 nitrogen and oxygen atoms in total. The Balaban J connectivity index is 1.40. The minimum atomic E-state index is 0.588. The van der Waals surface area contributed by atoms with Crippen LogP contribution in [0.2, 0.25) is 0 Å². The summed E-state index contributed by atoms with van der Waals surface area (Å²) in [7, 11) is 11.0. The van der Waals surface area contributed by atoms with Crippen LogP contribution in [-0.4, -0.2) is 69.6 Å². The van der Waals surface area contributed by atoms with Gasteiger partial charge in [-0.05, 0) is 36.1 Å². The first-order valence-corrected chi connectivity index (χ1v) is 20.7. The Labute approximate surface area is 340 Å². The zero-order chi connectivity index (χ0) is 38.9. The summed E-state index contributed by atoms with van der Waals surface area (Å²) in [5.41, 5.74) is 16.1. The molecule has 3 heterocycles. The van der Waals surface area contributed by atoms with Gasteiger partial charge in [0.15, 0.2) is 11.6 Å². The largest absolute Gasteiger partial charge is 0.307 e. The van der Waals surface area contributed by atoms with Gasteiger partial charge in [0.2, 0.25) is 5.95 Å². The van der Waals surface area contributed by atoms with Crippen molar-refractivity contribution in [3.8, 4) is 45.5 Å². The summed E-state index contributed by atoms with van der Waals surface area (Å²) < 4.78 is 4.77. The Hall–Kier alpha value is -6.18. The molecule has 3 aromatic heterocycles. The predicted octanol–water partition coefficient (Wildman–Crippen LogP) is 3.08. The third kappa shape index (κ3) is 5.43. The number of hydrogen-bond donors (Lipinski definition) is 0. The van der Waals surface area contributed by atoms with Crippen molar-refractivity contribution in [1.29, 1.82) is 0 Å². The summed E-state index contributed by atoms with van der Waals surface area (Å²) in [6.45, 7) is 0. The van der Waals surface area contributed by atoms with Gasteiger partial charge in [-0.2, -0.15) is 9.97 Å². The number of aromatic nitrogens is 5. The molecule has 0 saturated carbocycles. The van der Waals surface area contributed by atoms with Crippen molar-refractivity contribution in [3.63, 3.8) is 0 Å². The molecule has 0 aliphatic carbocycles. The molecule has 0 atom stereocenters. The van der Waals surface area contributed by atoms with Crippen molar-refractivity contribution in [2.75, 3.05) is 6.26 Å². The minimum absolute atomic E-state index is 0.588. The first-order chi connectivity index (χ1) is 27.9. The van der Waals surface area contributed by atoms with Gasteiger partial charge in [-0.15, -0.1) is 28.2 Å². The van der Waals surface area contributed by atoms with Gasteiger partial charge in [0.1, 0.15) is 39.2 Å². The highest BCUT2D eigenvalue weighted by molar-refractivity contribution is 7.98. The lowest BCUT2D eigenvalue weighted by Gasteiger charge is -2.20. The third-order valence-corrected chi connectivity index (χ3v) is 12.9. The number of hydrogen-bond acceptors (Lipinski definition) is 4. The van der Waals surface area contributed by atoms with Crippen molar-refractivity contribution in [2.24, 2.45) is 0 Å². The summed E-state index contributed by atoms with van der Waals surface area (Å²) in [6, 6.07) is 49.8. The van der Waals surface area contributed by atoms with Crippen LogP contribution in [0.1, 0.15) is 0 Å². The third-order valence-electron chi connectivity index (χ3n) is 12.1. The zero-order valence-corrected chi connectivity index (χ0v) is 33.7. The van der Waals surface area contributed by atoms with Gasteiger partial charge in [0.05, 0.1) is 27.8 Å². The second kappa shape index (κ2) is 13.8. The lowest BCUT2D eigenvalue weighted by molar-refractivity contribution is 0.955. The van der Waals surface area contributed by atoms with E-state index in [1.807, 2.05) is 18.2 Å². The molecular weight excluding hydrogens is 709 g/mol. The molecule has 266 valence electrons. The van der Waals surface area contributed by atoms with E-state index in [2.05, 4.69) is 176 Å². The predicted molar refractivity (Wildman–Crippen MR) is 257 cm³/mol. The van der Waals surface area contributed by atoms with Crippen LogP contribution in [0.15, 0.2) is 144 Å². The van der Waals surface area contributed by atoms with Crippen molar-refractivity contribution in [3.05, 3.63) is 140 Å². The first-order valence-electron chi connectivity index (χ1n) is 19.4. The topological polar surface area (TPSA) is 48.5 Å². The monoisotopic (exact) mass is 745 g/mol. The van der Waals surface area contributed by atoms with Crippen molar-refractivity contribution in [2.45, 2.75) is 4.90 Å². The van der Waals surface area contributed by atoms with E-state index >= 15 is 0 Å². The highest BCUT2D eigenvalue weighted by atomic mass is 32.2. The second-order valence-corrected chi connectivity index (χ2v) is 15.8. The summed E-state index contributed by atoms with van der Waals surface area (Å²) in [5, 5.41) is 4.65. The number of para-hydroxylation sites is 2. The van der Waals surface area contributed by atoms with Crippen LogP contribution in [0.3, 0.4) is 0 Å². The summed E-state index contributed by atoms with van der Waals surface area (Å²) in [6.07, 6.45) is 2.16. The fraction of sp³-hybridized carbons (Fsp3) is 0.0217. The molecule has 0 radical (unpaired) electrons. The Kier molecular flexibility index (Phi) is 8.53. The molecule has 10 aromatic rings. The van der Waals surface area contributed by atoms with Gasteiger partial charge < -0.3 is 4.57 Å². The molecule has 0 saturated heterocycles. The van der Waals surface area contributed by atoms with Gasteiger partial charge in [0, 0.05) is 43.1 Å². The maximum absolute atomic E-state index is 5.49. The van der Waals surface area contributed by atoms with Crippen molar-refractivity contribution >= 4 is 122 Å². The molecule has 10 rings (SSSR count). The first kappa shape index (κ1) is 35.3. The molecule has 11 heteroatoms. The van der Waals surface area contributed by atoms with E-state index < -0.39 is 0 Å². The maximum atomic E-state index is 5.49. The molecule has 0 amide bonds. The SMILES string of the molecule is Bc1c(B)c(B)c(-c2nc(-c3ccccc3)nc(-n3c4ccccc4c4ccc5c6ccccc6n(-c6cccc(SC)c6-c6ccccc6)c5c43)n2)c(B)c1B. The lowest BCUT2D eigenvalue weighted by atomic mass is 9.60. The maximum Gasteiger partial charge on any atom is 0.238 e. The summed E-state index contributed by atoms with van der Waals surface area (Å²) in [4.78, 5) is 17.4. The van der Waals surface area contributed by atoms with Crippen LogP contribution in [0.25, 0.3) is 89.2 Å². The second-order valence-electron chi connectivity index (χ2n) is 14.9. The fourth-order valence-electron chi connectivity index (χ4n) is 8.86. The fourth-order valence-corrected chi connectivity index (χ4v) is 9.50. The van der Waals surface area contributed by atoms with Gasteiger partial charge >= 0.3 is 0 Å². The van der Waals surface area contributed by atoms with Crippen molar-refractivity contribution < 1.29 is 0 Å². The van der Waals surface area contributed by atoms with E-state index in [9.17, 15) is 0 Å². The van der Waals surface area contributed by atoms with Gasteiger partial charge in [0.25, 0.3) is 0 Å². The molecule has 0 unspecified atom stereocenters. The number of thioether (sulfide) groups is 1. The number of benzene rings is 7. The molecule has 0 fully saturated rings. The standard InChI is InChI=1S/C46H36B5N5S/c1-57-34-22-12-21-33(35(34)25-13-4-2-5-14-25)55-31-19-10-8-17-27(31)29-23-24-30-28-18-9-11-20-32(28)56(43(30)42(29)55)46-53-44(26-15-6-3-7-16-26)52-45(54-46)36-37(47)39(49)41(51)40(50)38(36)48/h2-24H,47-51H2,1H3. The van der Waals surface area contributed by atoms with Gasteiger partial charge in [-0.3, -0.25) is 4.57 Å². The van der Waals surface area contributed by atoms with Crippen LogP contribution in [-0.2, 0) is 0 Å². The molecule has 7 aromatic carbocycles. The highest BCUT2D eigenvalue weighted by Crippen LogP contribution is 2.44. The molecule has 0 N–H and O–H groups in total. The van der Waals surface area contributed by atoms with Crippen LogP contribution >= 0.6 is 11.8 Å². The quantitative estimate of drug-likeness (QED) is 0.194. The van der Waals surface area contributed by atoms with Gasteiger partial charge in [-0.1, -0.05) is 126 Å². The van der Waals surface area contributed by atoms with Crippen LogP contribution < -0.4 is 27.3 Å². The number of fused-ring (bicyclic) bond motifs is 7. The summed E-state index contributed by atoms with van der Waals surface area (Å²) in [5.74, 6) is 1.91. The number of rotatable bonds is 6. The highest BCUT2D eigenvalue weighted by Gasteiger charge is 2.26. The average molecular weight is 745 g/mol. The molecule has 0 bridgehead atoms. The van der Waals surface area contributed by atoms with E-state index in [4.69, 9.17) is 15.0 Å². The van der Waals surface area contributed by atoms with E-state index in [0.29, 0.717) is 17.6 Å². The van der Waals surface area contributed by atoms with Crippen LogP contribution in [0, 0.1) is 0 Å². The molecule has 57 heavy (non-hydrogen) atoms. The van der Waals surface area contributed by atoms with Gasteiger partial charge in [-0.25, -0.2) is 4.98 Å². The molecular formula is C46H36B5N5S. The average Bonchev–Trinajstić information content (AvgIpc) is 3.78. The smallest absolute Gasteiger partial charge is 0.238 e. The van der Waals surface area contributed by atoms with E-state index in [0.717, 1.165) is 49.7 Å². The molecule has 0 spiro atoms. The number of nitrogens with zero attached hydrogens (tertiary/aromatic N) is 5. The normalized spacial score (nSPS) is 11.7. The Bertz CT molecular complexity index is 3210. The minimum Gasteiger partial charge on any atom is -0.307 e. The Morgan fingerprint density at radius 2 is 0.930 bits per heavy atom. The van der Waals surface area contributed by atoms with Crippen molar-refractivity contribution in [1.82, 2.24) is 24.1 Å². The lowest BCUT2D eigenvalue weighted by Crippen LogP contribution is -2.55. The Morgan fingerprint density at radius 3 is 1.54 bits per heavy atom. The van der Waals surface area contributed by atoms with E-state index in [1.165, 1.54) is 54.1 Å². The van der Waals surface area contributed by atoms with E-state index in [-0.39, 0.29) is 0 Å².